The van der Waals surface area contributed by atoms with E-state index in [2.05, 4.69) is 6.08 Å². The Hall–Kier alpha value is -1.83. The summed E-state index contributed by atoms with van der Waals surface area (Å²) in [6, 6.07) is 7.71. The fourth-order valence-corrected chi connectivity index (χ4v) is 1.28. The molecule has 2 rings (SSSR count). The number of allylic oxidation sites excluding steroid dienone is 2. The van der Waals surface area contributed by atoms with Gasteiger partial charge >= 0.3 is 0 Å². The number of para-hydroxylation sites is 1. The molecule has 1 heterocycles. The van der Waals surface area contributed by atoms with Crippen molar-refractivity contribution in [2.75, 3.05) is 4.90 Å². The summed E-state index contributed by atoms with van der Waals surface area (Å²) >= 11 is 0. The van der Waals surface area contributed by atoms with Gasteiger partial charge in [0.2, 0.25) is 6.41 Å². The van der Waals surface area contributed by atoms with Crippen LogP contribution in [0.25, 0.3) is 6.08 Å². The van der Waals surface area contributed by atoms with Crippen LogP contribution in [0.3, 0.4) is 0 Å². The van der Waals surface area contributed by atoms with Crippen molar-refractivity contribution in [1.82, 2.24) is 0 Å². The fourth-order valence-electron chi connectivity index (χ4n) is 1.28. The molecule has 0 aliphatic carbocycles. The van der Waals surface area contributed by atoms with E-state index in [0.717, 1.165) is 17.7 Å². The number of benzene rings is 1. The summed E-state index contributed by atoms with van der Waals surface area (Å²) in [7, 11) is 0. The van der Waals surface area contributed by atoms with Crippen LogP contribution in [-0.4, -0.2) is 6.41 Å². The topological polar surface area (TPSA) is 20.3 Å². The highest BCUT2D eigenvalue weighted by molar-refractivity contribution is 5.84. The zero-order chi connectivity index (χ0) is 9.10. The molecule has 0 spiro atoms. The maximum Gasteiger partial charge on any atom is 0.218 e. The van der Waals surface area contributed by atoms with Gasteiger partial charge in [0, 0.05) is 6.20 Å². The van der Waals surface area contributed by atoms with Gasteiger partial charge in [-0.3, -0.25) is 9.69 Å². The SMILES string of the molecule is O=CN1C=[C]C=Cc2ccccc21. The smallest absolute Gasteiger partial charge is 0.218 e. The largest absolute Gasteiger partial charge is 0.289 e. The van der Waals surface area contributed by atoms with Crippen molar-refractivity contribution in [2.45, 2.75) is 0 Å². The third-order valence-corrected chi connectivity index (χ3v) is 1.90. The molecule has 1 aliphatic heterocycles. The summed E-state index contributed by atoms with van der Waals surface area (Å²) in [6.07, 6.45) is 9.00. The van der Waals surface area contributed by atoms with Gasteiger partial charge in [0.25, 0.3) is 0 Å². The molecular weight excluding hydrogens is 162 g/mol. The molecule has 13 heavy (non-hydrogen) atoms. The number of fused-ring (bicyclic) bond motifs is 1. The van der Waals surface area contributed by atoms with Gasteiger partial charge in [-0.2, -0.15) is 0 Å². The monoisotopic (exact) mass is 170 g/mol. The molecule has 0 aromatic heterocycles. The van der Waals surface area contributed by atoms with Gasteiger partial charge in [-0.15, -0.1) is 0 Å². The van der Waals surface area contributed by atoms with E-state index in [1.165, 1.54) is 4.90 Å². The minimum absolute atomic E-state index is 0.777. The summed E-state index contributed by atoms with van der Waals surface area (Å²) < 4.78 is 0. The summed E-state index contributed by atoms with van der Waals surface area (Å²) in [5.74, 6) is 0. The third kappa shape index (κ3) is 1.38. The van der Waals surface area contributed by atoms with Gasteiger partial charge in [0.1, 0.15) is 0 Å². The zero-order valence-corrected chi connectivity index (χ0v) is 6.97. The van der Waals surface area contributed by atoms with Crippen LogP contribution in [-0.2, 0) is 4.79 Å². The van der Waals surface area contributed by atoms with Crippen LogP contribution in [0.4, 0.5) is 5.69 Å². The standard InChI is InChI=1S/C11H8NO/c13-9-12-8-4-3-6-10-5-1-2-7-11(10)12/h1-3,5-9H. The fraction of sp³-hybridized carbons (Fsp3) is 0. The first-order valence-corrected chi connectivity index (χ1v) is 4.00. The molecule has 0 N–H and O–H groups in total. The Balaban J connectivity index is 2.56. The van der Waals surface area contributed by atoms with Crippen molar-refractivity contribution in [1.29, 1.82) is 0 Å². The molecule has 0 unspecified atom stereocenters. The average molecular weight is 170 g/mol. The van der Waals surface area contributed by atoms with E-state index in [4.69, 9.17) is 0 Å². The number of carbonyl (C=O) groups is 1. The Morgan fingerprint density at radius 1 is 1.31 bits per heavy atom. The van der Waals surface area contributed by atoms with Crippen molar-refractivity contribution in [3.8, 4) is 0 Å². The van der Waals surface area contributed by atoms with E-state index in [1.807, 2.05) is 30.3 Å². The van der Waals surface area contributed by atoms with Crippen LogP contribution in [0, 0.1) is 6.08 Å². The maximum absolute atomic E-state index is 10.7. The molecule has 0 fully saturated rings. The lowest BCUT2D eigenvalue weighted by Crippen LogP contribution is -2.12. The summed E-state index contributed by atoms with van der Waals surface area (Å²) in [6.45, 7) is 0. The second-order valence-corrected chi connectivity index (χ2v) is 2.70. The van der Waals surface area contributed by atoms with Crippen molar-refractivity contribution in [2.24, 2.45) is 0 Å². The Morgan fingerprint density at radius 3 is 3.00 bits per heavy atom. The van der Waals surface area contributed by atoms with Crippen molar-refractivity contribution < 1.29 is 4.79 Å². The maximum atomic E-state index is 10.7. The first-order chi connectivity index (χ1) is 6.42. The molecule has 0 atom stereocenters. The second-order valence-electron chi connectivity index (χ2n) is 2.70. The van der Waals surface area contributed by atoms with Gasteiger partial charge in [0.05, 0.1) is 5.69 Å². The number of anilines is 1. The van der Waals surface area contributed by atoms with E-state index in [0.29, 0.717) is 0 Å². The lowest BCUT2D eigenvalue weighted by Gasteiger charge is -2.12. The van der Waals surface area contributed by atoms with Crippen molar-refractivity contribution in [3.63, 3.8) is 0 Å². The summed E-state index contributed by atoms with van der Waals surface area (Å²) in [5.41, 5.74) is 1.91. The number of amides is 1. The predicted molar refractivity (Wildman–Crippen MR) is 51.8 cm³/mol. The van der Waals surface area contributed by atoms with Crippen LogP contribution in [0.2, 0.25) is 0 Å². The number of nitrogens with zero attached hydrogens (tertiary/aromatic N) is 1. The Morgan fingerprint density at radius 2 is 2.15 bits per heavy atom. The molecule has 1 aromatic carbocycles. The molecule has 63 valence electrons. The minimum Gasteiger partial charge on any atom is -0.289 e. The summed E-state index contributed by atoms with van der Waals surface area (Å²) in [5, 5.41) is 0. The van der Waals surface area contributed by atoms with Crippen molar-refractivity contribution in [3.05, 3.63) is 48.2 Å². The number of rotatable bonds is 1. The highest BCUT2D eigenvalue weighted by Crippen LogP contribution is 2.22. The lowest BCUT2D eigenvalue weighted by molar-refractivity contribution is -0.106. The van der Waals surface area contributed by atoms with Gasteiger partial charge in [-0.05, 0) is 17.7 Å². The van der Waals surface area contributed by atoms with Crippen LogP contribution in [0.1, 0.15) is 5.56 Å². The highest BCUT2D eigenvalue weighted by atomic mass is 16.1. The molecule has 1 amide bonds. The molecule has 2 nitrogen and oxygen atoms in total. The number of hydrogen-bond acceptors (Lipinski definition) is 1. The molecule has 0 saturated heterocycles. The molecular formula is C11H8NO. The van der Waals surface area contributed by atoms with Crippen LogP contribution < -0.4 is 4.90 Å². The third-order valence-electron chi connectivity index (χ3n) is 1.90. The number of carbonyl (C=O) groups excluding carboxylic acids is 1. The molecule has 0 saturated carbocycles. The lowest BCUT2D eigenvalue weighted by atomic mass is 10.1. The van der Waals surface area contributed by atoms with E-state index in [9.17, 15) is 4.79 Å². The molecule has 2 heteroatoms. The minimum atomic E-state index is 0.777. The molecule has 1 aliphatic rings. The van der Waals surface area contributed by atoms with Gasteiger partial charge in [0.15, 0.2) is 0 Å². The average Bonchev–Trinajstić information content (AvgIpc) is 2.39. The zero-order valence-electron chi connectivity index (χ0n) is 6.97. The predicted octanol–water partition coefficient (Wildman–Crippen LogP) is 1.99. The normalized spacial score (nSPS) is 13.7. The summed E-state index contributed by atoms with van der Waals surface area (Å²) in [4.78, 5) is 12.2. The van der Waals surface area contributed by atoms with Crippen LogP contribution in [0.5, 0.6) is 0 Å². The van der Waals surface area contributed by atoms with Gasteiger partial charge in [-0.25, -0.2) is 0 Å². The molecule has 1 aromatic rings. The Bertz CT molecular complexity index is 379. The van der Waals surface area contributed by atoms with Crippen molar-refractivity contribution >= 4 is 18.2 Å². The van der Waals surface area contributed by atoms with Crippen LogP contribution in [0.15, 0.2) is 36.5 Å². The van der Waals surface area contributed by atoms with E-state index < -0.39 is 0 Å². The van der Waals surface area contributed by atoms with Crippen LogP contribution >= 0.6 is 0 Å². The Kier molecular flexibility index (Phi) is 1.96. The van der Waals surface area contributed by atoms with E-state index in [1.54, 1.807) is 12.3 Å². The highest BCUT2D eigenvalue weighted by Gasteiger charge is 2.06. The first kappa shape index (κ1) is 7.80. The van der Waals surface area contributed by atoms with E-state index in [-0.39, 0.29) is 0 Å². The first-order valence-electron chi connectivity index (χ1n) is 4.00. The van der Waals surface area contributed by atoms with Gasteiger partial charge < -0.3 is 0 Å². The Labute approximate surface area is 76.8 Å². The molecule has 0 bridgehead atoms. The quantitative estimate of drug-likeness (QED) is 0.590. The molecule has 1 radical (unpaired) electrons. The number of hydrogen-bond donors (Lipinski definition) is 0. The van der Waals surface area contributed by atoms with E-state index >= 15 is 0 Å². The second kappa shape index (κ2) is 3.27. The van der Waals surface area contributed by atoms with Gasteiger partial charge in [-0.1, -0.05) is 30.4 Å².